The first-order chi connectivity index (χ1) is 14.7. The summed E-state index contributed by atoms with van der Waals surface area (Å²) in [5.41, 5.74) is 1.40. The Hall–Kier alpha value is -1.44. The molecule has 0 atom stereocenters. The Labute approximate surface area is 188 Å². The topological polar surface area (TPSA) is 30.0 Å². The molecule has 0 unspecified atom stereocenters. The first-order valence-electron chi connectivity index (χ1n) is 10.9. The molecule has 1 aromatic heterocycles. The summed E-state index contributed by atoms with van der Waals surface area (Å²) in [5, 5.41) is 2.90. The van der Waals surface area contributed by atoms with E-state index in [0.717, 1.165) is 76.9 Å². The summed E-state index contributed by atoms with van der Waals surface area (Å²) in [6.45, 7) is 10.1. The average Bonchev–Trinajstić information content (AvgIpc) is 3.19. The molecule has 0 bridgehead atoms. The fourth-order valence-electron chi connectivity index (χ4n) is 4.19. The van der Waals surface area contributed by atoms with Crippen LogP contribution in [0.1, 0.15) is 10.4 Å². The van der Waals surface area contributed by atoms with Crippen LogP contribution in [0, 0.1) is 0 Å². The molecule has 1 amide bonds. The maximum absolute atomic E-state index is 12.8. The number of benzene rings is 1. The fourth-order valence-corrected chi connectivity index (χ4v) is 5.33. The Bertz CT molecular complexity index is 799. The Balaban J connectivity index is 1.14. The molecule has 2 aliphatic heterocycles. The minimum absolute atomic E-state index is 0.279. The molecule has 0 N–H and O–H groups in total. The molecule has 3 heterocycles. The van der Waals surface area contributed by atoms with Gasteiger partial charge in [-0.25, -0.2) is 0 Å². The zero-order valence-electron chi connectivity index (χ0n) is 17.5. The molecule has 2 aliphatic rings. The number of rotatable bonds is 7. The van der Waals surface area contributed by atoms with Crippen LogP contribution in [0.5, 0.6) is 0 Å². The summed E-state index contributed by atoms with van der Waals surface area (Å²) in [6, 6.07) is 12.6. The van der Waals surface area contributed by atoms with Crippen LogP contribution >= 0.6 is 22.9 Å². The molecule has 1 aromatic carbocycles. The highest BCUT2D eigenvalue weighted by atomic mass is 35.5. The van der Waals surface area contributed by atoms with Crippen molar-refractivity contribution in [2.75, 3.05) is 65.4 Å². The second-order valence-corrected chi connectivity index (χ2v) is 9.61. The Morgan fingerprint density at radius 3 is 2.20 bits per heavy atom. The summed E-state index contributed by atoms with van der Waals surface area (Å²) in [6.07, 6.45) is 1.10. The number of halogens is 1. The lowest BCUT2D eigenvalue weighted by Crippen LogP contribution is -2.53. The van der Waals surface area contributed by atoms with E-state index in [2.05, 4.69) is 45.0 Å². The molecule has 4 rings (SSSR count). The van der Waals surface area contributed by atoms with Gasteiger partial charge >= 0.3 is 0 Å². The highest BCUT2D eigenvalue weighted by Gasteiger charge is 2.25. The van der Waals surface area contributed by atoms with E-state index in [4.69, 9.17) is 11.6 Å². The van der Waals surface area contributed by atoms with Crippen molar-refractivity contribution in [3.63, 3.8) is 0 Å². The minimum atomic E-state index is 0.279. The van der Waals surface area contributed by atoms with Gasteiger partial charge in [0.1, 0.15) is 0 Å². The Morgan fingerprint density at radius 2 is 1.53 bits per heavy atom. The van der Waals surface area contributed by atoms with E-state index in [9.17, 15) is 4.79 Å². The van der Waals surface area contributed by atoms with Crippen LogP contribution in [0.15, 0.2) is 41.8 Å². The lowest BCUT2D eigenvalue weighted by molar-refractivity contribution is -0.134. The van der Waals surface area contributed by atoms with Gasteiger partial charge in [-0.05, 0) is 23.4 Å². The maximum Gasteiger partial charge on any atom is 0.236 e. The van der Waals surface area contributed by atoms with Crippen LogP contribution in [0.3, 0.4) is 0 Å². The van der Waals surface area contributed by atoms with Crippen molar-refractivity contribution >= 4 is 28.8 Å². The normalized spacial score (nSPS) is 19.3. The first kappa shape index (κ1) is 21.8. The molecule has 2 fully saturated rings. The second-order valence-electron chi connectivity index (χ2n) is 8.20. The predicted octanol–water partition coefficient (Wildman–Crippen LogP) is 2.91. The van der Waals surface area contributed by atoms with Crippen LogP contribution in [0.25, 0.3) is 0 Å². The summed E-state index contributed by atoms with van der Waals surface area (Å²) >= 11 is 7.93. The van der Waals surface area contributed by atoms with Crippen LogP contribution in [0.4, 0.5) is 0 Å². The number of carbonyl (C=O) groups is 1. The first-order valence-corrected chi connectivity index (χ1v) is 12.1. The van der Waals surface area contributed by atoms with Gasteiger partial charge in [-0.15, -0.1) is 11.3 Å². The van der Waals surface area contributed by atoms with Crippen molar-refractivity contribution in [2.45, 2.75) is 13.0 Å². The second kappa shape index (κ2) is 10.7. The lowest BCUT2D eigenvalue weighted by atomic mass is 10.1. The van der Waals surface area contributed by atoms with Gasteiger partial charge in [0, 0.05) is 70.3 Å². The standard InChI is InChI=1S/C23H31ClN4OS/c24-21-7-17-30-22(21)18-26-13-15-28(16-14-26)23(29)19-27-11-9-25(10-12-27)8-6-20-4-2-1-3-5-20/h1-5,7,17H,6,8-16,18-19H2. The van der Waals surface area contributed by atoms with Gasteiger partial charge in [0.05, 0.1) is 11.6 Å². The number of carbonyl (C=O) groups excluding carboxylic acids is 1. The van der Waals surface area contributed by atoms with E-state index in [0.29, 0.717) is 6.54 Å². The third-order valence-corrected chi connectivity index (χ3v) is 7.54. The van der Waals surface area contributed by atoms with Gasteiger partial charge in [0.25, 0.3) is 0 Å². The van der Waals surface area contributed by atoms with Crippen LogP contribution in [-0.4, -0.2) is 91.0 Å². The van der Waals surface area contributed by atoms with Crippen molar-refractivity contribution in [1.29, 1.82) is 0 Å². The van der Waals surface area contributed by atoms with E-state index in [1.165, 1.54) is 10.4 Å². The average molecular weight is 447 g/mol. The summed E-state index contributed by atoms with van der Waals surface area (Å²) in [7, 11) is 0. The van der Waals surface area contributed by atoms with Crippen molar-refractivity contribution in [3.05, 3.63) is 57.2 Å². The zero-order chi connectivity index (χ0) is 20.8. The van der Waals surface area contributed by atoms with Gasteiger partial charge < -0.3 is 9.80 Å². The number of nitrogens with zero attached hydrogens (tertiary/aromatic N) is 4. The number of thiophene rings is 1. The molecule has 162 valence electrons. The molecule has 2 aromatic rings. The molecule has 0 radical (unpaired) electrons. The molecule has 5 nitrogen and oxygen atoms in total. The van der Waals surface area contributed by atoms with E-state index in [-0.39, 0.29) is 5.91 Å². The van der Waals surface area contributed by atoms with E-state index in [1.54, 1.807) is 11.3 Å². The van der Waals surface area contributed by atoms with E-state index >= 15 is 0 Å². The number of hydrogen-bond acceptors (Lipinski definition) is 5. The molecule has 0 aliphatic carbocycles. The number of hydrogen-bond donors (Lipinski definition) is 0. The number of piperazine rings is 2. The lowest BCUT2D eigenvalue weighted by Gasteiger charge is -2.38. The van der Waals surface area contributed by atoms with E-state index in [1.807, 2.05) is 16.3 Å². The van der Waals surface area contributed by atoms with Gasteiger partial charge in [-0.1, -0.05) is 41.9 Å². The molecular formula is C23H31ClN4OS. The summed E-state index contributed by atoms with van der Waals surface area (Å²) in [4.78, 5) is 23.3. The van der Waals surface area contributed by atoms with Gasteiger partial charge in [-0.2, -0.15) is 0 Å². The largest absolute Gasteiger partial charge is 0.339 e. The van der Waals surface area contributed by atoms with Gasteiger partial charge in [0.2, 0.25) is 5.91 Å². The van der Waals surface area contributed by atoms with Crippen molar-refractivity contribution in [3.8, 4) is 0 Å². The van der Waals surface area contributed by atoms with E-state index < -0.39 is 0 Å². The Kier molecular flexibility index (Phi) is 7.79. The van der Waals surface area contributed by atoms with Crippen molar-refractivity contribution in [2.24, 2.45) is 0 Å². The Morgan fingerprint density at radius 1 is 0.867 bits per heavy atom. The molecule has 0 spiro atoms. The smallest absolute Gasteiger partial charge is 0.236 e. The van der Waals surface area contributed by atoms with Crippen LogP contribution < -0.4 is 0 Å². The molecule has 30 heavy (non-hydrogen) atoms. The molecule has 0 saturated carbocycles. The van der Waals surface area contributed by atoms with Crippen molar-refractivity contribution in [1.82, 2.24) is 19.6 Å². The SMILES string of the molecule is O=C(CN1CCN(CCc2ccccc2)CC1)N1CCN(Cc2sccc2Cl)CC1. The highest BCUT2D eigenvalue weighted by molar-refractivity contribution is 7.10. The van der Waals surface area contributed by atoms with Crippen LogP contribution in [0.2, 0.25) is 5.02 Å². The van der Waals surface area contributed by atoms with Crippen molar-refractivity contribution < 1.29 is 4.79 Å². The van der Waals surface area contributed by atoms with Crippen LogP contribution in [-0.2, 0) is 17.8 Å². The summed E-state index contributed by atoms with van der Waals surface area (Å²) in [5.74, 6) is 0.279. The number of amides is 1. The fraction of sp³-hybridized carbons (Fsp3) is 0.522. The maximum atomic E-state index is 12.8. The minimum Gasteiger partial charge on any atom is -0.339 e. The zero-order valence-corrected chi connectivity index (χ0v) is 19.1. The van der Waals surface area contributed by atoms with Gasteiger partial charge in [-0.3, -0.25) is 14.6 Å². The third-order valence-electron chi connectivity index (χ3n) is 6.17. The monoisotopic (exact) mass is 446 g/mol. The highest BCUT2D eigenvalue weighted by Crippen LogP contribution is 2.24. The quantitative estimate of drug-likeness (QED) is 0.654. The molecule has 7 heteroatoms. The molecule has 2 saturated heterocycles. The third kappa shape index (κ3) is 6.05. The van der Waals surface area contributed by atoms with Gasteiger partial charge in [0.15, 0.2) is 0 Å². The summed E-state index contributed by atoms with van der Waals surface area (Å²) < 4.78 is 0. The predicted molar refractivity (Wildman–Crippen MR) is 124 cm³/mol. The molecular weight excluding hydrogens is 416 g/mol.